The molecule has 4 rings (SSSR count). The van der Waals surface area contributed by atoms with Gasteiger partial charge in [-0.05, 0) is 61.2 Å². The Labute approximate surface area is 221 Å². The van der Waals surface area contributed by atoms with Crippen LogP contribution in [0.15, 0.2) is 91.5 Å². The molecule has 3 aromatic rings. The van der Waals surface area contributed by atoms with Gasteiger partial charge in [0.2, 0.25) is 0 Å². The lowest BCUT2D eigenvalue weighted by molar-refractivity contribution is 0.0306. The van der Waals surface area contributed by atoms with Crippen LogP contribution < -0.4 is 0 Å². The predicted octanol–water partition coefficient (Wildman–Crippen LogP) is 5.38. The summed E-state index contributed by atoms with van der Waals surface area (Å²) in [5.41, 5.74) is 3.99. The molecule has 1 N–H and O–H groups in total. The van der Waals surface area contributed by atoms with Crippen LogP contribution in [0, 0.1) is 0 Å². The van der Waals surface area contributed by atoms with Crippen LogP contribution in [0.3, 0.4) is 0 Å². The summed E-state index contributed by atoms with van der Waals surface area (Å²) in [4.78, 5) is 20.2. The summed E-state index contributed by atoms with van der Waals surface area (Å²) in [6.45, 7) is 11.8. The molecular weight excluding hydrogens is 458 g/mol. The van der Waals surface area contributed by atoms with E-state index in [1.54, 1.807) is 11.0 Å². The van der Waals surface area contributed by atoms with Crippen LogP contribution in [0.1, 0.15) is 46.9 Å². The maximum absolute atomic E-state index is 13.4. The van der Waals surface area contributed by atoms with Gasteiger partial charge < -0.3 is 10.0 Å². The average Bonchev–Trinajstić information content (AvgIpc) is 2.90. The van der Waals surface area contributed by atoms with Gasteiger partial charge in [-0.25, -0.2) is 0 Å². The van der Waals surface area contributed by atoms with E-state index in [0.717, 1.165) is 37.2 Å². The number of phenolic OH excluding ortho intramolecular Hbond substituents is 1. The third kappa shape index (κ3) is 6.48. The Morgan fingerprint density at radius 2 is 1.70 bits per heavy atom. The van der Waals surface area contributed by atoms with Crippen molar-refractivity contribution < 1.29 is 9.90 Å². The van der Waals surface area contributed by atoms with Crippen molar-refractivity contribution in [2.45, 2.75) is 38.4 Å². The highest BCUT2D eigenvalue weighted by Gasteiger charge is 2.34. The minimum Gasteiger partial charge on any atom is -0.508 e. The molecule has 0 bridgehead atoms. The summed E-state index contributed by atoms with van der Waals surface area (Å²) in [6.07, 6.45) is 2.79. The van der Waals surface area contributed by atoms with Crippen LogP contribution in [0.25, 0.3) is 0 Å². The SMILES string of the molecule is C=CCN1C[C@H](C)N([C@@H](c2cccc(O)c2)c2cccc(C(=O)N(C)CCc3ccccc3)c2)C[C@H]1C. The number of rotatable bonds is 9. The second kappa shape index (κ2) is 12.2. The van der Waals surface area contributed by atoms with Crippen molar-refractivity contribution in [3.05, 3.63) is 114 Å². The van der Waals surface area contributed by atoms with Gasteiger partial charge in [0.05, 0.1) is 6.04 Å². The van der Waals surface area contributed by atoms with Gasteiger partial charge in [0.1, 0.15) is 5.75 Å². The lowest BCUT2D eigenvalue weighted by atomic mass is 9.92. The number of phenols is 1. The molecule has 0 aromatic heterocycles. The summed E-state index contributed by atoms with van der Waals surface area (Å²) < 4.78 is 0. The lowest BCUT2D eigenvalue weighted by Crippen LogP contribution is -2.57. The van der Waals surface area contributed by atoms with Gasteiger partial charge in [0.25, 0.3) is 5.91 Å². The third-order valence-corrected chi connectivity index (χ3v) is 7.42. The van der Waals surface area contributed by atoms with E-state index in [4.69, 9.17) is 0 Å². The van der Waals surface area contributed by atoms with Gasteiger partial charge in [-0.15, -0.1) is 6.58 Å². The zero-order chi connectivity index (χ0) is 26.4. The van der Waals surface area contributed by atoms with E-state index in [9.17, 15) is 9.90 Å². The third-order valence-electron chi connectivity index (χ3n) is 7.42. The molecular formula is C32H39N3O2. The first kappa shape index (κ1) is 26.6. The summed E-state index contributed by atoms with van der Waals surface area (Å²) in [5.74, 6) is 0.269. The zero-order valence-electron chi connectivity index (χ0n) is 22.3. The van der Waals surface area contributed by atoms with Crippen molar-refractivity contribution in [2.75, 3.05) is 33.2 Å². The maximum Gasteiger partial charge on any atom is 0.253 e. The number of piperazine rings is 1. The molecule has 0 spiro atoms. The van der Waals surface area contributed by atoms with Crippen molar-refractivity contribution >= 4 is 5.91 Å². The van der Waals surface area contributed by atoms with E-state index in [1.165, 1.54) is 5.56 Å². The number of hydrogen-bond donors (Lipinski definition) is 1. The molecule has 3 atom stereocenters. The van der Waals surface area contributed by atoms with Gasteiger partial charge in [0.15, 0.2) is 0 Å². The number of benzene rings is 3. The highest BCUT2D eigenvalue weighted by Crippen LogP contribution is 2.35. The van der Waals surface area contributed by atoms with E-state index in [-0.39, 0.29) is 23.7 Å². The standard InChI is InChI=1S/C32H39N3O2/c1-5-18-34-22-25(3)35(23-24(34)2)31(28-14-10-16-30(36)21-28)27-13-9-15-29(20-27)32(37)33(4)19-17-26-11-7-6-8-12-26/h5-16,20-21,24-25,31,36H,1,17-19,22-23H2,2-4H3/t24-,25+,31-/m1/s1. The van der Waals surface area contributed by atoms with Crippen LogP contribution >= 0.6 is 0 Å². The molecule has 0 saturated carbocycles. The van der Waals surface area contributed by atoms with E-state index in [0.29, 0.717) is 18.2 Å². The van der Waals surface area contributed by atoms with Gasteiger partial charge in [-0.1, -0.05) is 60.7 Å². The largest absolute Gasteiger partial charge is 0.508 e. The van der Waals surface area contributed by atoms with Crippen LogP contribution in [0.4, 0.5) is 0 Å². The maximum atomic E-state index is 13.4. The van der Waals surface area contributed by atoms with E-state index >= 15 is 0 Å². The van der Waals surface area contributed by atoms with Gasteiger partial charge in [-0.3, -0.25) is 14.6 Å². The fourth-order valence-corrected chi connectivity index (χ4v) is 5.38. The van der Waals surface area contributed by atoms with Gasteiger partial charge in [0, 0.05) is 50.9 Å². The fourth-order valence-electron chi connectivity index (χ4n) is 5.38. The Kier molecular flexibility index (Phi) is 8.80. The molecule has 0 radical (unpaired) electrons. The molecule has 37 heavy (non-hydrogen) atoms. The molecule has 1 heterocycles. The second-order valence-electron chi connectivity index (χ2n) is 10.2. The summed E-state index contributed by atoms with van der Waals surface area (Å²) in [7, 11) is 1.87. The Morgan fingerprint density at radius 3 is 2.41 bits per heavy atom. The lowest BCUT2D eigenvalue weighted by Gasteiger charge is -2.47. The first-order valence-electron chi connectivity index (χ1n) is 13.2. The molecule has 0 aliphatic carbocycles. The second-order valence-corrected chi connectivity index (χ2v) is 10.2. The monoisotopic (exact) mass is 497 g/mol. The van der Waals surface area contributed by atoms with Crippen molar-refractivity contribution in [3.8, 4) is 5.75 Å². The highest BCUT2D eigenvalue weighted by molar-refractivity contribution is 5.94. The molecule has 1 fully saturated rings. The molecule has 1 aliphatic heterocycles. The Morgan fingerprint density at radius 1 is 1.00 bits per heavy atom. The fraction of sp³-hybridized carbons (Fsp3) is 0.344. The van der Waals surface area contributed by atoms with Gasteiger partial charge in [-0.2, -0.15) is 0 Å². The highest BCUT2D eigenvalue weighted by atomic mass is 16.3. The molecule has 5 nitrogen and oxygen atoms in total. The summed E-state index contributed by atoms with van der Waals surface area (Å²) in [6, 6.07) is 26.4. The number of aromatic hydroxyl groups is 1. The van der Waals surface area contributed by atoms with Crippen molar-refractivity contribution in [3.63, 3.8) is 0 Å². The van der Waals surface area contributed by atoms with Crippen LogP contribution in [0.2, 0.25) is 0 Å². The molecule has 5 heteroatoms. The number of amides is 1. The number of carbonyl (C=O) groups excluding carboxylic acids is 1. The van der Waals surface area contributed by atoms with E-state index < -0.39 is 0 Å². The van der Waals surface area contributed by atoms with Crippen molar-refractivity contribution in [1.29, 1.82) is 0 Å². The summed E-state index contributed by atoms with van der Waals surface area (Å²) >= 11 is 0. The molecule has 0 unspecified atom stereocenters. The Balaban J connectivity index is 1.61. The molecule has 1 amide bonds. The minimum absolute atomic E-state index is 0.0182. The minimum atomic E-state index is -0.0715. The van der Waals surface area contributed by atoms with Crippen LogP contribution in [0.5, 0.6) is 5.75 Å². The van der Waals surface area contributed by atoms with E-state index in [1.807, 2.05) is 61.7 Å². The number of nitrogens with zero attached hydrogens (tertiary/aromatic N) is 3. The molecule has 1 saturated heterocycles. The first-order chi connectivity index (χ1) is 17.9. The molecule has 3 aromatic carbocycles. The van der Waals surface area contributed by atoms with Gasteiger partial charge >= 0.3 is 0 Å². The molecule has 194 valence electrons. The summed E-state index contributed by atoms with van der Waals surface area (Å²) in [5, 5.41) is 10.3. The quantitative estimate of drug-likeness (QED) is 0.404. The number of likely N-dealkylation sites (N-methyl/N-ethyl adjacent to an activating group) is 1. The predicted molar refractivity (Wildman–Crippen MR) is 151 cm³/mol. The average molecular weight is 498 g/mol. The first-order valence-corrected chi connectivity index (χ1v) is 13.2. The van der Waals surface area contributed by atoms with E-state index in [2.05, 4.69) is 54.5 Å². The smallest absolute Gasteiger partial charge is 0.253 e. The van der Waals surface area contributed by atoms with Crippen molar-refractivity contribution in [1.82, 2.24) is 14.7 Å². The van der Waals surface area contributed by atoms with Crippen molar-refractivity contribution in [2.24, 2.45) is 0 Å². The zero-order valence-corrected chi connectivity index (χ0v) is 22.3. The topological polar surface area (TPSA) is 47.0 Å². The number of hydrogen-bond acceptors (Lipinski definition) is 4. The van der Waals surface area contributed by atoms with Crippen LogP contribution in [-0.4, -0.2) is 71.0 Å². The van der Waals surface area contributed by atoms with Crippen LogP contribution in [-0.2, 0) is 6.42 Å². The molecule has 1 aliphatic rings. The normalized spacial score (nSPS) is 19.3. The number of carbonyl (C=O) groups is 1. The Hall–Kier alpha value is -3.41. The Bertz CT molecular complexity index is 1200.